The van der Waals surface area contributed by atoms with Crippen LogP contribution in [0.25, 0.3) is 0 Å². The van der Waals surface area contributed by atoms with Crippen LogP contribution in [0.3, 0.4) is 0 Å². The van der Waals surface area contributed by atoms with Crippen LogP contribution in [0.4, 0.5) is 0 Å². The molecule has 0 radical (unpaired) electrons. The van der Waals surface area contributed by atoms with Crippen LogP contribution in [0.2, 0.25) is 0 Å². The molecule has 1 N–H and O–H groups in total. The van der Waals surface area contributed by atoms with Gasteiger partial charge in [0.2, 0.25) is 0 Å². The van der Waals surface area contributed by atoms with Gasteiger partial charge in [0.05, 0.1) is 6.04 Å². The summed E-state index contributed by atoms with van der Waals surface area (Å²) in [5, 5.41) is 3.69. The Bertz CT molecular complexity index is 416. The summed E-state index contributed by atoms with van der Waals surface area (Å²) in [7, 11) is 0. The summed E-state index contributed by atoms with van der Waals surface area (Å²) in [6, 6.07) is 7.13. The van der Waals surface area contributed by atoms with E-state index in [4.69, 9.17) is 0 Å². The minimum atomic E-state index is 0.406. The number of hydrogen-bond acceptors (Lipinski definition) is 1. The summed E-state index contributed by atoms with van der Waals surface area (Å²) < 4.78 is 1.18. The maximum Gasteiger partial charge on any atom is 0.0536 e. The Morgan fingerprint density at radius 3 is 2.78 bits per heavy atom. The van der Waals surface area contributed by atoms with E-state index in [9.17, 15) is 0 Å². The molecule has 0 saturated heterocycles. The smallest absolute Gasteiger partial charge is 0.0536 e. The van der Waals surface area contributed by atoms with Crippen molar-refractivity contribution in [2.75, 3.05) is 6.54 Å². The number of nitrogens with one attached hydrogen (secondary N) is 1. The molecule has 18 heavy (non-hydrogen) atoms. The van der Waals surface area contributed by atoms with Gasteiger partial charge in [-0.05, 0) is 62.4 Å². The third kappa shape index (κ3) is 3.46. The molecule has 0 aromatic heterocycles. The highest BCUT2D eigenvalue weighted by Crippen LogP contribution is 2.32. The van der Waals surface area contributed by atoms with Crippen molar-refractivity contribution in [3.8, 4) is 0 Å². The molecule has 1 aromatic rings. The number of allylic oxidation sites excluding steroid dienone is 1. The van der Waals surface area contributed by atoms with E-state index in [0.29, 0.717) is 6.04 Å². The molecule has 2 rings (SSSR count). The molecule has 1 aliphatic carbocycles. The molecular weight excluding hydrogens is 286 g/mol. The standard InChI is InChI=1S/C16H22BrN/c1-3-8-18-16(13-6-4-5-7-13)14-9-12(2)10-15(17)11-14/h6,9-11,16,18H,3-5,7-8H2,1-2H3. The predicted molar refractivity (Wildman–Crippen MR) is 81.8 cm³/mol. The number of hydrogen-bond donors (Lipinski definition) is 1. The van der Waals surface area contributed by atoms with E-state index in [1.54, 1.807) is 5.57 Å². The Morgan fingerprint density at radius 2 is 2.17 bits per heavy atom. The zero-order valence-electron chi connectivity index (χ0n) is 11.3. The van der Waals surface area contributed by atoms with Crippen LogP contribution < -0.4 is 5.32 Å². The minimum absolute atomic E-state index is 0.406. The number of rotatable bonds is 5. The summed E-state index contributed by atoms with van der Waals surface area (Å²) >= 11 is 3.61. The Hall–Kier alpha value is -0.600. The maximum absolute atomic E-state index is 3.69. The lowest BCUT2D eigenvalue weighted by Gasteiger charge is -2.21. The monoisotopic (exact) mass is 307 g/mol. The van der Waals surface area contributed by atoms with Crippen LogP contribution in [-0.4, -0.2) is 6.54 Å². The van der Waals surface area contributed by atoms with Gasteiger partial charge in [0.15, 0.2) is 0 Å². The van der Waals surface area contributed by atoms with Gasteiger partial charge in [-0.3, -0.25) is 0 Å². The van der Waals surface area contributed by atoms with Gasteiger partial charge in [-0.1, -0.05) is 40.6 Å². The fraction of sp³-hybridized carbons (Fsp3) is 0.500. The Morgan fingerprint density at radius 1 is 1.33 bits per heavy atom. The third-order valence-corrected chi connectivity index (χ3v) is 3.90. The van der Waals surface area contributed by atoms with Crippen molar-refractivity contribution in [3.63, 3.8) is 0 Å². The molecule has 1 unspecified atom stereocenters. The first-order valence-corrected chi connectivity index (χ1v) is 7.69. The maximum atomic E-state index is 3.69. The molecule has 0 heterocycles. The second-order valence-electron chi connectivity index (χ2n) is 5.12. The van der Waals surface area contributed by atoms with Crippen molar-refractivity contribution in [1.29, 1.82) is 0 Å². The molecule has 1 aromatic carbocycles. The summed E-state index contributed by atoms with van der Waals surface area (Å²) in [4.78, 5) is 0. The van der Waals surface area contributed by atoms with E-state index in [2.05, 4.69) is 59.4 Å². The Balaban J connectivity index is 2.26. The highest BCUT2D eigenvalue weighted by Gasteiger charge is 2.18. The largest absolute Gasteiger partial charge is 0.307 e. The van der Waals surface area contributed by atoms with Crippen LogP contribution >= 0.6 is 15.9 Å². The molecule has 98 valence electrons. The molecule has 0 fully saturated rings. The molecule has 1 atom stereocenters. The van der Waals surface area contributed by atoms with Crippen LogP contribution in [-0.2, 0) is 0 Å². The lowest BCUT2D eigenvalue weighted by atomic mass is 9.96. The van der Waals surface area contributed by atoms with Crippen molar-refractivity contribution in [2.24, 2.45) is 0 Å². The second-order valence-corrected chi connectivity index (χ2v) is 6.04. The van der Waals surface area contributed by atoms with Gasteiger partial charge in [-0.15, -0.1) is 0 Å². The van der Waals surface area contributed by atoms with Gasteiger partial charge in [-0.2, -0.15) is 0 Å². The molecule has 1 nitrogen and oxygen atoms in total. The number of aryl methyl sites for hydroxylation is 1. The summed E-state index contributed by atoms with van der Waals surface area (Å²) in [5.74, 6) is 0. The molecule has 0 bridgehead atoms. The summed E-state index contributed by atoms with van der Waals surface area (Å²) in [5.41, 5.74) is 4.28. The van der Waals surface area contributed by atoms with E-state index < -0.39 is 0 Å². The van der Waals surface area contributed by atoms with Gasteiger partial charge >= 0.3 is 0 Å². The average molecular weight is 308 g/mol. The Kier molecular flexibility index (Phi) is 5.02. The van der Waals surface area contributed by atoms with Crippen molar-refractivity contribution < 1.29 is 0 Å². The van der Waals surface area contributed by atoms with E-state index in [-0.39, 0.29) is 0 Å². The molecule has 0 aliphatic heterocycles. The van der Waals surface area contributed by atoms with E-state index >= 15 is 0 Å². The summed E-state index contributed by atoms with van der Waals surface area (Å²) in [6.07, 6.45) is 7.40. The minimum Gasteiger partial charge on any atom is -0.307 e. The fourth-order valence-electron chi connectivity index (χ4n) is 2.64. The highest BCUT2D eigenvalue weighted by atomic mass is 79.9. The Labute approximate surface area is 119 Å². The van der Waals surface area contributed by atoms with Crippen LogP contribution in [0, 0.1) is 6.92 Å². The fourth-order valence-corrected chi connectivity index (χ4v) is 3.27. The molecular formula is C16H22BrN. The van der Waals surface area contributed by atoms with Crippen molar-refractivity contribution in [1.82, 2.24) is 5.32 Å². The topological polar surface area (TPSA) is 12.0 Å². The van der Waals surface area contributed by atoms with Gasteiger partial charge in [0.25, 0.3) is 0 Å². The molecule has 0 amide bonds. The predicted octanol–water partition coefficient (Wildman–Crippen LogP) is 4.91. The molecule has 2 heteroatoms. The van der Waals surface area contributed by atoms with Gasteiger partial charge < -0.3 is 5.32 Å². The molecule has 1 aliphatic rings. The average Bonchev–Trinajstić information content (AvgIpc) is 2.82. The number of benzene rings is 1. The van der Waals surface area contributed by atoms with Crippen molar-refractivity contribution in [3.05, 3.63) is 45.4 Å². The number of halogens is 1. The first-order valence-electron chi connectivity index (χ1n) is 6.90. The van der Waals surface area contributed by atoms with Gasteiger partial charge in [0, 0.05) is 4.47 Å². The van der Waals surface area contributed by atoms with Gasteiger partial charge in [-0.25, -0.2) is 0 Å². The van der Waals surface area contributed by atoms with Crippen LogP contribution in [0.5, 0.6) is 0 Å². The van der Waals surface area contributed by atoms with E-state index in [0.717, 1.165) is 6.54 Å². The highest BCUT2D eigenvalue weighted by molar-refractivity contribution is 9.10. The first kappa shape index (κ1) is 13.8. The second kappa shape index (κ2) is 6.53. The first-order chi connectivity index (χ1) is 8.70. The zero-order chi connectivity index (χ0) is 13.0. The van der Waals surface area contributed by atoms with E-state index in [1.165, 1.54) is 41.3 Å². The zero-order valence-corrected chi connectivity index (χ0v) is 12.9. The van der Waals surface area contributed by atoms with Crippen molar-refractivity contribution >= 4 is 15.9 Å². The third-order valence-electron chi connectivity index (χ3n) is 3.44. The lowest BCUT2D eigenvalue weighted by Crippen LogP contribution is -2.23. The van der Waals surface area contributed by atoms with Gasteiger partial charge in [0.1, 0.15) is 0 Å². The molecule has 0 spiro atoms. The molecule has 0 saturated carbocycles. The summed E-state index contributed by atoms with van der Waals surface area (Å²) in [6.45, 7) is 5.46. The normalized spacial score (nSPS) is 16.7. The van der Waals surface area contributed by atoms with Crippen molar-refractivity contribution in [2.45, 2.75) is 45.6 Å². The van der Waals surface area contributed by atoms with E-state index in [1.807, 2.05) is 0 Å². The van der Waals surface area contributed by atoms with Crippen LogP contribution in [0.15, 0.2) is 34.3 Å². The lowest BCUT2D eigenvalue weighted by molar-refractivity contribution is 0.578. The SMILES string of the molecule is CCCNC(C1=CCCC1)c1cc(C)cc(Br)c1. The quantitative estimate of drug-likeness (QED) is 0.762. The van der Waals surface area contributed by atoms with Crippen LogP contribution in [0.1, 0.15) is 49.8 Å².